The lowest BCUT2D eigenvalue weighted by atomic mass is 9.84. The van der Waals surface area contributed by atoms with Gasteiger partial charge in [-0.1, -0.05) is 207 Å². The topological polar surface area (TPSA) is 129 Å². The first kappa shape index (κ1) is 63.8. The number of nitrogens with zero attached hydrogens (tertiary/aromatic N) is 1. The molecule has 390 valence electrons. The molecular formula is C56H107NO9. The summed E-state index contributed by atoms with van der Waals surface area (Å²) in [5.74, 6) is -1.78. The molecule has 0 saturated carbocycles. The van der Waals surface area contributed by atoms with Gasteiger partial charge < -0.3 is 29.0 Å². The van der Waals surface area contributed by atoms with Crippen LogP contribution in [-0.2, 0) is 38.1 Å². The fraction of sp³-hybridized carbons (Fsp3) is 0.929. The van der Waals surface area contributed by atoms with E-state index in [4.69, 9.17) is 18.9 Å². The van der Waals surface area contributed by atoms with Crippen molar-refractivity contribution in [1.29, 1.82) is 0 Å². The summed E-state index contributed by atoms with van der Waals surface area (Å²) < 4.78 is 22.8. The van der Waals surface area contributed by atoms with Crippen molar-refractivity contribution in [3.8, 4) is 0 Å². The van der Waals surface area contributed by atoms with Crippen molar-refractivity contribution in [2.75, 3.05) is 52.7 Å². The Labute approximate surface area is 406 Å². The van der Waals surface area contributed by atoms with Gasteiger partial charge in [0.2, 0.25) is 0 Å². The highest BCUT2D eigenvalue weighted by atomic mass is 16.6. The molecule has 0 aromatic heterocycles. The number of aliphatic hydroxyl groups is 1. The molecule has 0 rings (SSSR count). The van der Waals surface area contributed by atoms with Crippen molar-refractivity contribution in [2.24, 2.45) is 10.8 Å². The van der Waals surface area contributed by atoms with Crippen LogP contribution in [-0.4, -0.2) is 86.6 Å². The maximum absolute atomic E-state index is 13.4. The number of esters is 4. The second-order valence-corrected chi connectivity index (χ2v) is 19.9. The third-order valence-corrected chi connectivity index (χ3v) is 13.4. The van der Waals surface area contributed by atoms with Crippen molar-refractivity contribution in [2.45, 2.75) is 273 Å². The Morgan fingerprint density at radius 2 is 0.561 bits per heavy atom. The Hall–Kier alpha value is -2.20. The third-order valence-electron chi connectivity index (χ3n) is 13.4. The monoisotopic (exact) mass is 938 g/mol. The number of hydrogen-bond acceptors (Lipinski definition) is 10. The van der Waals surface area contributed by atoms with Crippen molar-refractivity contribution in [1.82, 2.24) is 4.90 Å². The quantitative estimate of drug-likeness (QED) is 0.0272. The van der Waals surface area contributed by atoms with Crippen LogP contribution < -0.4 is 0 Å². The van der Waals surface area contributed by atoms with Gasteiger partial charge in [0.15, 0.2) is 10.8 Å². The molecular weight excluding hydrogens is 831 g/mol. The highest BCUT2D eigenvalue weighted by Gasteiger charge is 2.45. The average Bonchev–Trinajstić information content (AvgIpc) is 3.31. The van der Waals surface area contributed by atoms with Crippen LogP contribution in [0.4, 0.5) is 0 Å². The van der Waals surface area contributed by atoms with Crippen molar-refractivity contribution in [3.05, 3.63) is 0 Å². The van der Waals surface area contributed by atoms with E-state index in [2.05, 4.69) is 32.6 Å². The Morgan fingerprint density at radius 3 is 0.818 bits per heavy atom. The van der Waals surface area contributed by atoms with E-state index in [9.17, 15) is 24.3 Å². The number of carbonyl (C=O) groups is 4. The summed E-state index contributed by atoms with van der Waals surface area (Å²) in [6.45, 7) is 16.2. The molecule has 0 heterocycles. The van der Waals surface area contributed by atoms with Gasteiger partial charge in [0.05, 0.1) is 33.0 Å². The highest BCUT2D eigenvalue weighted by molar-refractivity contribution is 6.00. The van der Waals surface area contributed by atoms with E-state index < -0.39 is 34.7 Å². The molecule has 0 aromatic carbocycles. The zero-order chi connectivity index (χ0) is 48.8. The Morgan fingerprint density at radius 1 is 0.333 bits per heavy atom. The molecule has 10 heteroatoms. The Kier molecular flexibility index (Phi) is 43.7. The van der Waals surface area contributed by atoms with Crippen LogP contribution >= 0.6 is 0 Å². The van der Waals surface area contributed by atoms with E-state index in [0.29, 0.717) is 45.8 Å². The number of aliphatic hydroxyl groups excluding tert-OH is 1. The lowest BCUT2D eigenvalue weighted by Gasteiger charge is -2.26. The van der Waals surface area contributed by atoms with Crippen LogP contribution in [0.15, 0.2) is 0 Å². The summed E-state index contributed by atoms with van der Waals surface area (Å²) in [5, 5.41) is 9.77. The Bertz CT molecular complexity index is 1090. The Balaban J connectivity index is 4.82. The van der Waals surface area contributed by atoms with E-state index in [-0.39, 0.29) is 6.61 Å². The van der Waals surface area contributed by atoms with Crippen LogP contribution in [0, 0.1) is 10.8 Å². The zero-order valence-corrected chi connectivity index (χ0v) is 44.3. The fourth-order valence-electron chi connectivity index (χ4n) is 8.57. The molecule has 0 aliphatic rings. The van der Waals surface area contributed by atoms with E-state index in [0.717, 1.165) is 154 Å². The second kappa shape index (κ2) is 45.3. The molecule has 66 heavy (non-hydrogen) atoms. The lowest BCUT2D eigenvalue weighted by molar-refractivity contribution is -0.173. The van der Waals surface area contributed by atoms with Crippen LogP contribution in [0.3, 0.4) is 0 Å². The molecule has 0 aromatic rings. The SMILES string of the molecule is CCCCCCCCOC(=O)C(C)(CCCCCCCCN(CCO)CCCCCCC(C)(C(=O)OCCCCCCCC)C(=O)OCCCCCCCC)C(=O)OCCCCCCCC. The molecule has 0 bridgehead atoms. The lowest BCUT2D eigenvalue weighted by Crippen LogP contribution is -2.39. The van der Waals surface area contributed by atoms with E-state index in [1.807, 2.05) is 0 Å². The van der Waals surface area contributed by atoms with Crippen LogP contribution in [0.2, 0.25) is 0 Å². The number of unbranched alkanes of at least 4 members (excludes halogenated alkanes) is 28. The molecule has 0 aliphatic heterocycles. The van der Waals surface area contributed by atoms with Gasteiger partial charge in [-0.3, -0.25) is 19.2 Å². The number of ether oxygens (including phenoxy) is 4. The van der Waals surface area contributed by atoms with Crippen molar-refractivity contribution >= 4 is 23.9 Å². The van der Waals surface area contributed by atoms with Crippen LogP contribution in [0.1, 0.15) is 273 Å². The average molecular weight is 938 g/mol. The van der Waals surface area contributed by atoms with Gasteiger partial charge in [0.25, 0.3) is 0 Å². The molecule has 0 atom stereocenters. The smallest absolute Gasteiger partial charge is 0.323 e. The minimum Gasteiger partial charge on any atom is -0.465 e. The van der Waals surface area contributed by atoms with E-state index in [1.165, 1.54) is 77.0 Å². The van der Waals surface area contributed by atoms with Crippen molar-refractivity contribution < 1.29 is 43.2 Å². The predicted octanol–water partition coefficient (Wildman–Crippen LogP) is 14.6. The summed E-state index contributed by atoms with van der Waals surface area (Å²) in [7, 11) is 0. The third kappa shape index (κ3) is 33.3. The molecule has 0 saturated heterocycles. The van der Waals surface area contributed by atoms with Gasteiger partial charge in [-0.25, -0.2) is 0 Å². The molecule has 0 fully saturated rings. The number of carbonyl (C=O) groups excluding carboxylic acids is 4. The molecule has 1 N–H and O–H groups in total. The van der Waals surface area contributed by atoms with Gasteiger partial charge in [-0.2, -0.15) is 0 Å². The first-order valence-corrected chi connectivity index (χ1v) is 28.1. The largest absolute Gasteiger partial charge is 0.465 e. The molecule has 10 nitrogen and oxygen atoms in total. The summed E-state index contributed by atoms with van der Waals surface area (Å²) >= 11 is 0. The van der Waals surface area contributed by atoms with Crippen LogP contribution in [0.25, 0.3) is 0 Å². The van der Waals surface area contributed by atoms with Gasteiger partial charge in [0.1, 0.15) is 0 Å². The zero-order valence-electron chi connectivity index (χ0n) is 44.3. The molecule has 0 amide bonds. The first-order valence-electron chi connectivity index (χ1n) is 28.1. The summed E-state index contributed by atoms with van der Waals surface area (Å²) in [4.78, 5) is 55.8. The van der Waals surface area contributed by atoms with Gasteiger partial charge in [0, 0.05) is 6.54 Å². The summed E-state index contributed by atoms with van der Waals surface area (Å²) in [6.07, 6.45) is 36.9. The first-order chi connectivity index (χ1) is 32.1. The van der Waals surface area contributed by atoms with E-state index >= 15 is 0 Å². The number of hydrogen-bond donors (Lipinski definition) is 1. The van der Waals surface area contributed by atoms with Crippen molar-refractivity contribution in [3.63, 3.8) is 0 Å². The minimum atomic E-state index is -1.29. The molecule has 0 unspecified atom stereocenters. The van der Waals surface area contributed by atoms with Gasteiger partial charge >= 0.3 is 23.9 Å². The minimum absolute atomic E-state index is 0.127. The van der Waals surface area contributed by atoms with E-state index in [1.54, 1.807) is 13.8 Å². The predicted molar refractivity (Wildman–Crippen MR) is 272 cm³/mol. The maximum atomic E-state index is 13.4. The molecule has 0 aliphatic carbocycles. The summed E-state index contributed by atoms with van der Waals surface area (Å²) in [6, 6.07) is 0. The second-order valence-electron chi connectivity index (χ2n) is 19.9. The van der Waals surface area contributed by atoms with Gasteiger partial charge in [-0.15, -0.1) is 0 Å². The fourth-order valence-corrected chi connectivity index (χ4v) is 8.57. The number of rotatable bonds is 50. The molecule has 0 radical (unpaired) electrons. The normalized spacial score (nSPS) is 11.9. The maximum Gasteiger partial charge on any atom is 0.323 e. The summed E-state index contributed by atoms with van der Waals surface area (Å²) in [5.41, 5.74) is -2.56. The van der Waals surface area contributed by atoms with Gasteiger partial charge in [-0.05, 0) is 78.3 Å². The highest BCUT2D eigenvalue weighted by Crippen LogP contribution is 2.31. The van der Waals surface area contributed by atoms with Crippen LogP contribution in [0.5, 0.6) is 0 Å². The standard InChI is InChI=1S/C56H107NO9/c1-7-11-15-19-29-37-47-63-51(59)55(5,52(60)64-48-38-30-20-16-12-8-2)41-33-25-23-24-27-35-43-57(45-46-58)44-36-28-26-34-42-56(6,53(61)65-49-39-31-21-17-13-9-3)54(62)66-50-40-32-22-18-14-10-4/h58H,7-50H2,1-6H3. The molecule has 0 spiro atoms.